The third kappa shape index (κ3) is 6.09. The third-order valence-electron chi connectivity index (χ3n) is 6.69. The molecule has 0 spiro atoms. The van der Waals surface area contributed by atoms with Crippen LogP contribution in [0.3, 0.4) is 0 Å². The van der Waals surface area contributed by atoms with Crippen LogP contribution >= 0.6 is 11.3 Å². The number of nitrogens with one attached hydrogen (secondary N) is 2. The second-order valence-electron chi connectivity index (χ2n) is 9.89. The molecule has 2 amide bonds. The number of morpholine rings is 1. The van der Waals surface area contributed by atoms with E-state index in [1.807, 2.05) is 56.3 Å². The summed E-state index contributed by atoms with van der Waals surface area (Å²) in [5.41, 5.74) is 1.69. The molecule has 0 radical (unpaired) electrons. The van der Waals surface area contributed by atoms with E-state index in [1.54, 1.807) is 18.2 Å². The number of benzene rings is 2. The highest BCUT2D eigenvalue weighted by atomic mass is 32.1. The Morgan fingerprint density at radius 2 is 1.78 bits per heavy atom. The summed E-state index contributed by atoms with van der Waals surface area (Å²) in [4.78, 5) is 42.1. The van der Waals surface area contributed by atoms with Crippen molar-refractivity contribution >= 4 is 51.0 Å². The van der Waals surface area contributed by atoms with Crippen molar-refractivity contribution in [1.29, 1.82) is 0 Å². The molecule has 3 heterocycles. The van der Waals surface area contributed by atoms with E-state index in [2.05, 4.69) is 26.6 Å². The van der Waals surface area contributed by atoms with Crippen molar-refractivity contribution in [2.75, 3.05) is 43.1 Å². The molecule has 210 valence electrons. The molecule has 0 unspecified atom stereocenters. The number of carbonyl (C=O) groups is 3. The summed E-state index contributed by atoms with van der Waals surface area (Å²) in [6, 6.07) is 18.4. The van der Waals surface area contributed by atoms with Gasteiger partial charge in [0.2, 0.25) is 0 Å². The summed E-state index contributed by atoms with van der Waals surface area (Å²) < 4.78 is 11.5. The van der Waals surface area contributed by atoms with Gasteiger partial charge in [0.25, 0.3) is 11.8 Å². The number of ether oxygens (including phenoxy) is 2. The van der Waals surface area contributed by atoms with Crippen LogP contribution in [0.1, 0.15) is 39.4 Å². The fraction of sp³-hybridized carbons (Fsp3) is 0.267. The molecule has 2 aromatic carbocycles. The van der Waals surface area contributed by atoms with Crippen LogP contribution in [0.4, 0.5) is 16.3 Å². The highest BCUT2D eigenvalue weighted by molar-refractivity contribution is 7.20. The number of thiophene rings is 1. The minimum atomic E-state index is -0.818. The predicted molar refractivity (Wildman–Crippen MR) is 158 cm³/mol. The van der Waals surface area contributed by atoms with Crippen molar-refractivity contribution in [1.82, 2.24) is 15.1 Å². The first kappa shape index (κ1) is 27.9. The zero-order chi connectivity index (χ0) is 29.0. The van der Waals surface area contributed by atoms with E-state index in [1.165, 1.54) is 0 Å². The minimum Gasteiger partial charge on any atom is -0.435 e. The summed E-state index contributed by atoms with van der Waals surface area (Å²) in [7, 11) is 0. The number of aromatic nitrogens is 2. The molecule has 2 N–H and O–H groups in total. The first-order valence-electron chi connectivity index (χ1n) is 13.0. The predicted octanol–water partition coefficient (Wildman–Crippen LogP) is 4.47. The van der Waals surface area contributed by atoms with E-state index in [0.717, 1.165) is 40.4 Å². The van der Waals surface area contributed by atoms with Crippen LogP contribution < -0.4 is 15.5 Å². The molecule has 5 rings (SSSR count). The Morgan fingerprint density at radius 3 is 2.46 bits per heavy atom. The lowest BCUT2D eigenvalue weighted by molar-refractivity contribution is 0.0915. The first-order valence-corrected chi connectivity index (χ1v) is 13.8. The summed E-state index contributed by atoms with van der Waals surface area (Å²) in [5.74, 6) is 1.62. The molecule has 1 fully saturated rings. The van der Waals surface area contributed by atoms with E-state index in [0.29, 0.717) is 33.9 Å². The van der Waals surface area contributed by atoms with E-state index in [4.69, 9.17) is 15.9 Å². The van der Waals surface area contributed by atoms with E-state index in [-0.39, 0.29) is 18.3 Å². The van der Waals surface area contributed by atoms with Gasteiger partial charge >= 0.3 is 6.09 Å². The second kappa shape index (κ2) is 11.8. The van der Waals surface area contributed by atoms with Crippen LogP contribution in [0.5, 0.6) is 0 Å². The Hall–Kier alpha value is -4.66. The van der Waals surface area contributed by atoms with Crippen molar-refractivity contribution in [3.8, 4) is 12.3 Å². The smallest absolute Gasteiger partial charge is 0.435 e. The van der Waals surface area contributed by atoms with Gasteiger partial charge in [-0.1, -0.05) is 36.3 Å². The summed E-state index contributed by atoms with van der Waals surface area (Å²) >= 11 is 1.06. The number of hydrogen-bond donors (Lipinski definition) is 2. The average Bonchev–Trinajstić information content (AvgIpc) is 3.57. The SMILES string of the molecule is C#CCOC(=O)n1nc(NC(=O)c2ccc(N3CCOCC3)cc2)c2cc(C(=O)NC(C)(C)c3ccccc3)sc21. The third-order valence-corrected chi connectivity index (χ3v) is 7.80. The number of amides is 2. The van der Waals surface area contributed by atoms with Crippen LogP contribution in [0.25, 0.3) is 10.2 Å². The quantitative estimate of drug-likeness (QED) is 0.315. The number of terminal acetylenes is 1. The van der Waals surface area contributed by atoms with Crippen LogP contribution in [0, 0.1) is 12.3 Å². The maximum Gasteiger partial charge on any atom is 0.437 e. The molecule has 10 nitrogen and oxygen atoms in total. The molecule has 11 heteroatoms. The highest BCUT2D eigenvalue weighted by Crippen LogP contribution is 2.33. The van der Waals surface area contributed by atoms with E-state index >= 15 is 0 Å². The van der Waals surface area contributed by atoms with Gasteiger partial charge in [-0.25, -0.2) is 4.79 Å². The van der Waals surface area contributed by atoms with Gasteiger partial charge in [0.15, 0.2) is 12.4 Å². The van der Waals surface area contributed by atoms with Crippen molar-refractivity contribution < 1.29 is 23.9 Å². The number of anilines is 2. The average molecular weight is 572 g/mol. The lowest BCUT2D eigenvalue weighted by Gasteiger charge is -2.28. The van der Waals surface area contributed by atoms with Crippen LogP contribution in [-0.2, 0) is 15.0 Å². The lowest BCUT2D eigenvalue weighted by Crippen LogP contribution is -2.40. The second-order valence-corrected chi connectivity index (χ2v) is 10.9. The Balaban J connectivity index is 1.41. The number of rotatable bonds is 7. The van der Waals surface area contributed by atoms with Gasteiger partial charge in [-0.3, -0.25) is 9.59 Å². The zero-order valence-electron chi connectivity index (χ0n) is 22.7. The summed E-state index contributed by atoms with van der Waals surface area (Å²) in [5, 5.41) is 10.5. The highest BCUT2D eigenvalue weighted by Gasteiger charge is 2.27. The zero-order valence-corrected chi connectivity index (χ0v) is 23.5. The number of fused-ring (bicyclic) bond motifs is 1. The molecular formula is C30H29N5O5S. The Bertz CT molecular complexity index is 1610. The molecule has 4 aromatic rings. The van der Waals surface area contributed by atoms with Gasteiger partial charge in [0.05, 0.1) is 29.0 Å². The summed E-state index contributed by atoms with van der Waals surface area (Å²) in [6.07, 6.45) is 4.42. The van der Waals surface area contributed by atoms with Gasteiger partial charge in [0, 0.05) is 24.3 Å². The summed E-state index contributed by atoms with van der Waals surface area (Å²) in [6.45, 7) is 6.46. The van der Waals surface area contributed by atoms with E-state index < -0.39 is 17.5 Å². The molecule has 1 aliphatic heterocycles. The van der Waals surface area contributed by atoms with Crippen LogP contribution in [-0.4, -0.2) is 60.6 Å². The van der Waals surface area contributed by atoms with Crippen molar-refractivity contribution in [3.05, 3.63) is 76.7 Å². The van der Waals surface area contributed by atoms with E-state index in [9.17, 15) is 14.4 Å². The maximum absolute atomic E-state index is 13.3. The van der Waals surface area contributed by atoms with Gasteiger partial charge in [-0.15, -0.1) is 22.9 Å². The molecule has 0 saturated carbocycles. The van der Waals surface area contributed by atoms with Crippen molar-refractivity contribution in [2.24, 2.45) is 0 Å². The molecular weight excluding hydrogens is 542 g/mol. The standard InChI is InChI=1S/C30H29N5O5S/c1-4-16-40-29(38)35-28-23(19-24(41-28)27(37)32-30(2,3)21-8-6-5-7-9-21)25(33-35)31-26(36)20-10-12-22(13-11-20)34-14-17-39-18-15-34/h1,5-13,19H,14-18H2,2-3H3,(H,32,37)(H,31,33,36). The first-order chi connectivity index (χ1) is 19.8. The normalized spacial score (nSPS) is 13.4. The molecule has 1 saturated heterocycles. The Labute approximate surface area is 241 Å². The van der Waals surface area contributed by atoms with Crippen LogP contribution in [0.2, 0.25) is 0 Å². The van der Waals surface area contributed by atoms with Gasteiger partial charge < -0.3 is 25.0 Å². The van der Waals surface area contributed by atoms with Gasteiger partial charge in [-0.2, -0.15) is 4.68 Å². The lowest BCUT2D eigenvalue weighted by atomic mass is 9.94. The molecule has 41 heavy (non-hydrogen) atoms. The van der Waals surface area contributed by atoms with Gasteiger partial charge in [0.1, 0.15) is 4.83 Å². The fourth-order valence-corrected chi connectivity index (χ4v) is 5.49. The molecule has 0 atom stereocenters. The Kier molecular flexibility index (Phi) is 8.05. The number of carbonyl (C=O) groups excluding carboxylic acids is 3. The topological polar surface area (TPSA) is 115 Å². The maximum atomic E-state index is 13.3. The fourth-order valence-electron chi connectivity index (χ4n) is 4.50. The van der Waals surface area contributed by atoms with Crippen molar-refractivity contribution in [3.63, 3.8) is 0 Å². The largest absolute Gasteiger partial charge is 0.437 e. The Morgan fingerprint density at radius 1 is 1.07 bits per heavy atom. The molecule has 0 bridgehead atoms. The molecule has 0 aliphatic carbocycles. The molecule has 2 aromatic heterocycles. The number of hydrogen-bond acceptors (Lipinski definition) is 8. The molecule has 1 aliphatic rings. The van der Waals surface area contributed by atoms with Gasteiger partial charge in [-0.05, 0) is 49.7 Å². The van der Waals surface area contributed by atoms with Crippen molar-refractivity contribution in [2.45, 2.75) is 19.4 Å². The minimum absolute atomic E-state index is 0.123. The monoisotopic (exact) mass is 571 g/mol. The number of nitrogens with zero attached hydrogens (tertiary/aromatic N) is 3. The van der Waals surface area contributed by atoms with Crippen LogP contribution in [0.15, 0.2) is 60.7 Å².